The smallest absolute Gasteiger partial charge is 0.339 e. The van der Waals surface area contributed by atoms with Gasteiger partial charge in [-0.2, -0.15) is 0 Å². The summed E-state index contributed by atoms with van der Waals surface area (Å²) in [5, 5.41) is 10.3. The van der Waals surface area contributed by atoms with Crippen LogP contribution in [0.2, 0.25) is 10.0 Å². The highest BCUT2D eigenvalue weighted by molar-refractivity contribution is 6.35. The number of fused-ring (bicyclic) bond motifs is 1. The van der Waals surface area contributed by atoms with E-state index < -0.39 is 12.1 Å². The lowest BCUT2D eigenvalue weighted by molar-refractivity contribution is -0.125. The minimum Gasteiger partial charge on any atom is -0.478 e. The molecule has 1 amide bonds. The second kappa shape index (κ2) is 6.34. The molecule has 3 rings (SSSR count). The second-order valence-corrected chi connectivity index (χ2v) is 6.22. The van der Waals surface area contributed by atoms with Crippen molar-refractivity contribution in [3.63, 3.8) is 0 Å². The van der Waals surface area contributed by atoms with E-state index in [0.29, 0.717) is 21.3 Å². The lowest BCUT2D eigenvalue weighted by Gasteiger charge is -2.34. The van der Waals surface area contributed by atoms with Gasteiger partial charge in [0.25, 0.3) is 5.91 Å². The molecule has 1 atom stereocenters. The van der Waals surface area contributed by atoms with E-state index in [-0.39, 0.29) is 23.8 Å². The molecule has 7 heteroatoms. The Kier molecular flexibility index (Phi) is 4.39. The van der Waals surface area contributed by atoms with Gasteiger partial charge in [0.15, 0.2) is 11.9 Å². The Hall–Kier alpha value is -2.24. The molecule has 2 aromatic rings. The van der Waals surface area contributed by atoms with Gasteiger partial charge in [-0.1, -0.05) is 35.3 Å². The first-order valence-corrected chi connectivity index (χ1v) is 7.92. The van der Waals surface area contributed by atoms with Crippen LogP contribution in [0.15, 0.2) is 36.4 Å². The molecule has 1 N–H and O–H groups in total. The number of carbonyl (C=O) groups excluding carboxylic acids is 1. The van der Waals surface area contributed by atoms with Crippen LogP contribution in [0.3, 0.4) is 0 Å². The predicted octanol–water partition coefficient (Wildman–Crippen LogP) is 4.01. The topological polar surface area (TPSA) is 66.8 Å². The van der Waals surface area contributed by atoms with Gasteiger partial charge in [0.05, 0.1) is 12.2 Å². The summed E-state index contributed by atoms with van der Waals surface area (Å²) in [6.45, 7) is 1.78. The predicted molar refractivity (Wildman–Crippen MR) is 91.1 cm³/mol. The molecular formula is C17H13Cl2NO4. The molecule has 0 saturated heterocycles. The molecule has 1 heterocycles. The van der Waals surface area contributed by atoms with E-state index >= 15 is 0 Å². The zero-order valence-electron chi connectivity index (χ0n) is 12.6. The van der Waals surface area contributed by atoms with Crippen molar-refractivity contribution in [3.8, 4) is 5.75 Å². The largest absolute Gasteiger partial charge is 0.478 e. The van der Waals surface area contributed by atoms with Gasteiger partial charge in [-0.05, 0) is 36.8 Å². The molecule has 124 valence electrons. The molecular weight excluding hydrogens is 353 g/mol. The van der Waals surface area contributed by atoms with Gasteiger partial charge in [0, 0.05) is 10.0 Å². The third kappa shape index (κ3) is 2.92. The number of hydrogen-bond donors (Lipinski definition) is 1. The molecule has 0 bridgehead atoms. The van der Waals surface area contributed by atoms with Crippen molar-refractivity contribution in [2.75, 3.05) is 4.90 Å². The van der Waals surface area contributed by atoms with E-state index in [1.54, 1.807) is 37.3 Å². The number of anilines is 1. The Morgan fingerprint density at radius 2 is 2.04 bits per heavy atom. The molecule has 0 aromatic heterocycles. The average molecular weight is 366 g/mol. The molecule has 0 radical (unpaired) electrons. The summed E-state index contributed by atoms with van der Waals surface area (Å²) in [5.41, 5.74) is 1.12. The SMILES string of the molecule is CC1Oc2c(C(=O)O)cccc2N(Cc2ccc(Cl)cc2Cl)C1=O. The van der Waals surface area contributed by atoms with Crippen molar-refractivity contribution in [1.82, 2.24) is 0 Å². The van der Waals surface area contributed by atoms with E-state index in [4.69, 9.17) is 27.9 Å². The summed E-state index contributed by atoms with van der Waals surface area (Å²) in [5.74, 6) is -1.20. The fraction of sp³-hybridized carbons (Fsp3) is 0.176. The molecule has 0 saturated carbocycles. The third-order valence-corrected chi connectivity index (χ3v) is 4.35. The van der Waals surface area contributed by atoms with Crippen LogP contribution in [0, 0.1) is 0 Å². The number of ether oxygens (including phenoxy) is 1. The van der Waals surface area contributed by atoms with E-state index in [1.165, 1.54) is 11.0 Å². The van der Waals surface area contributed by atoms with Crippen LogP contribution in [0.1, 0.15) is 22.8 Å². The summed E-state index contributed by atoms with van der Waals surface area (Å²) in [6, 6.07) is 9.68. The number of halogens is 2. The molecule has 0 spiro atoms. The van der Waals surface area contributed by atoms with Crippen LogP contribution < -0.4 is 9.64 Å². The Bertz CT molecular complexity index is 837. The Balaban J connectivity index is 2.06. The van der Waals surface area contributed by atoms with Gasteiger partial charge in [-0.15, -0.1) is 0 Å². The number of carboxylic acids is 1. The molecule has 0 fully saturated rings. The molecule has 5 nitrogen and oxygen atoms in total. The van der Waals surface area contributed by atoms with E-state index in [2.05, 4.69) is 0 Å². The fourth-order valence-corrected chi connectivity index (χ4v) is 3.05. The van der Waals surface area contributed by atoms with Crippen molar-refractivity contribution in [3.05, 3.63) is 57.6 Å². The van der Waals surface area contributed by atoms with Crippen molar-refractivity contribution in [1.29, 1.82) is 0 Å². The minimum absolute atomic E-state index is 0.0130. The highest BCUT2D eigenvalue weighted by Crippen LogP contribution is 2.38. The zero-order chi connectivity index (χ0) is 17.4. The maximum atomic E-state index is 12.5. The maximum absolute atomic E-state index is 12.5. The van der Waals surface area contributed by atoms with Gasteiger partial charge in [0.1, 0.15) is 5.56 Å². The van der Waals surface area contributed by atoms with Crippen molar-refractivity contribution in [2.45, 2.75) is 19.6 Å². The normalized spacial score (nSPS) is 16.5. The molecule has 1 aliphatic heterocycles. The first kappa shape index (κ1) is 16.6. The Labute approximate surface area is 148 Å². The number of nitrogens with zero attached hydrogens (tertiary/aromatic N) is 1. The van der Waals surface area contributed by atoms with Crippen LogP contribution in [-0.2, 0) is 11.3 Å². The third-order valence-electron chi connectivity index (χ3n) is 3.77. The van der Waals surface area contributed by atoms with Crippen molar-refractivity contribution < 1.29 is 19.4 Å². The molecule has 24 heavy (non-hydrogen) atoms. The molecule has 0 aliphatic carbocycles. The molecule has 2 aromatic carbocycles. The van der Waals surface area contributed by atoms with E-state index in [9.17, 15) is 14.7 Å². The van der Waals surface area contributed by atoms with Crippen LogP contribution in [-0.4, -0.2) is 23.1 Å². The molecule has 1 aliphatic rings. The van der Waals surface area contributed by atoms with Gasteiger partial charge < -0.3 is 14.7 Å². The number of para-hydroxylation sites is 1. The number of hydrogen-bond acceptors (Lipinski definition) is 3. The number of carboxylic acid groups (broad SMARTS) is 1. The standard InChI is InChI=1S/C17H13Cl2NO4/c1-9-16(21)20(8-10-5-6-11(18)7-13(10)19)14-4-2-3-12(17(22)23)15(14)24-9/h2-7,9H,8H2,1H3,(H,22,23). The summed E-state index contributed by atoms with van der Waals surface area (Å²) < 4.78 is 5.53. The number of carbonyl (C=O) groups is 2. The minimum atomic E-state index is -1.11. The van der Waals surface area contributed by atoms with Crippen LogP contribution in [0.25, 0.3) is 0 Å². The lowest BCUT2D eigenvalue weighted by atomic mass is 10.1. The van der Waals surface area contributed by atoms with Gasteiger partial charge >= 0.3 is 5.97 Å². The van der Waals surface area contributed by atoms with E-state index in [0.717, 1.165) is 0 Å². The average Bonchev–Trinajstić information content (AvgIpc) is 2.53. The summed E-state index contributed by atoms with van der Waals surface area (Å²) in [7, 11) is 0. The number of aromatic carboxylic acids is 1. The second-order valence-electron chi connectivity index (χ2n) is 5.38. The lowest BCUT2D eigenvalue weighted by Crippen LogP contribution is -2.44. The monoisotopic (exact) mass is 365 g/mol. The highest BCUT2D eigenvalue weighted by Gasteiger charge is 2.34. The number of rotatable bonds is 3. The summed E-state index contributed by atoms with van der Waals surface area (Å²) in [6.07, 6.45) is -0.788. The zero-order valence-corrected chi connectivity index (χ0v) is 14.1. The quantitative estimate of drug-likeness (QED) is 0.892. The first-order valence-electron chi connectivity index (χ1n) is 7.16. The Morgan fingerprint density at radius 3 is 2.71 bits per heavy atom. The van der Waals surface area contributed by atoms with Gasteiger partial charge in [-0.3, -0.25) is 4.79 Å². The van der Waals surface area contributed by atoms with Crippen molar-refractivity contribution in [2.24, 2.45) is 0 Å². The number of benzene rings is 2. The van der Waals surface area contributed by atoms with Crippen LogP contribution in [0.4, 0.5) is 5.69 Å². The van der Waals surface area contributed by atoms with Crippen molar-refractivity contribution >= 4 is 40.8 Å². The highest BCUT2D eigenvalue weighted by atomic mass is 35.5. The van der Waals surface area contributed by atoms with Crippen LogP contribution >= 0.6 is 23.2 Å². The maximum Gasteiger partial charge on any atom is 0.339 e. The molecule has 1 unspecified atom stereocenters. The van der Waals surface area contributed by atoms with Gasteiger partial charge in [0.2, 0.25) is 0 Å². The Morgan fingerprint density at radius 1 is 1.29 bits per heavy atom. The van der Waals surface area contributed by atoms with E-state index in [1.807, 2.05) is 0 Å². The van der Waals surface area contributed by atoms with Crippen LogP contribution in [0.5, 0.6) is 5.75 Å². The summed E-state index contributed by atoms with van der Waals surface area (Å²) >= 11 is 12.1. The first-order chi connectivity index (χ1) is 11.4. The van der Waals surface area contributed by atoms with Gasteiger partial charge in [-0.25, -0.2) is 4.79 Å². The summed E-state index contributed by atoms with van der Waals surface area (Å²) in [4.78, 5) is 25.4. The number of amides is 1. The fourth-order valence-electron chi connectivity index (χ4n) is 2.58.